The Morgan fingerprint density at radius 1 is 1.36 bits per heavy atom. The molecule has 1 aromatic rings. The van der Waals surface area contributed by atoms with Crippen LogP contribution in [-0.4, -0.2) is 57.0 Å². The highest BCUT2D eigenvalue weighted by Crippen LogP contribution is 2.17. The maximum atomic E-state index is 5.66. The van der Waals surface area contributed by atoms with Crippen molar-refractivity contribution < 1.29 is 9.47 Å². The van der Waals surface area contributed by atoms with Crippen LogP contribution in [0, 0.1) is 13.8 Å². The second-order valence-electron chi connectivity index (χ2n) is 5.98. The van der Waals surface area contributed by atoms with Crippen LogP contribution < -0.4 is 10.6 Å². The van der Waals surface area contributed by atoms with Gasteiger partial charge in [-0.2, -0.15) is 0 Å². The van der Waals surface area contributed by atoms with Crippen LogP contribution in [0.25, 0.3) is 0 Å². The van der Waals surface area contributed by atoms with Crippen LogP contribution in [0.2, 0.25) is 0 Å². The van der Waals surface area contributed by atoms with Gasteiger partial charge >= 0.3 is 0 Å². The van der Waals surface area contributed by atoms with E-state index in [0.717, 1.165) is 75.3 Å². The number of ether oxygens (including phenoxy) is 2. The summed E-state index contributed by atoms with van der Waals surface area (Å²) >= 11 is 1.77. The standard InChI is InChI=1S/C17H30N4O2S.HI/c1-13-16(24-14(2)21-13)7-9-20-17(18-3)19-8-5-10-22-12-15-6-4-11-23-15;/h15H,4-12H2,1-3H3,(H2,18,19,20);1H. The van der Waals surface area contributed by atoms with Gasteiger partial charge in [-0.05, 0) is 33.1 Å². The fourth-order valence-electron chi connectivity index (χ4n) is 2.69. The van der Waals surface area contributed by atoms with Crippen molar-refractivity contribution in [2.45, 2.75) is 45.6 Å². The minimum atomic E-state index is 0. The smallest absolute Gasteiger partial charge is 0.190 e. The summed E-state index contributed by atoms with van der Waals surface area (Å²) in [6.07, 6.45) is 4.54. The van der Waals surface area contributed by atoms with Gasteiger partial charge in [0, 0.05) is 44.6 Å². The molecule has 0 aliphatic carbocycles. The largest absolute Gasteiger partial charge is 0.379 e. The van der Waals surface area contributed by atoms with E-state index in [0.29, 0.717) is 6.10 Å². The number of hydrogen-bond acceptors (Lipinski definition) is 5. The van der Waals surface area contributed by atoms with Crippen molar-refractivity contribution in [1.29, 1.82) is 0 Å². The van der Waals surface area contributed by atoms with Crippen LogP contribution in [-0.2, 0) is 15.9 Å². The van der Waals surface area contributed by atoms with E-state index in [1.807, 2.05) is 0 Å². The topological polar surface area (TPSA) is 67.8 Å². The molecule has 144 valence electrons. The number of aromatic nitrogens is 1. The summed E-state index contributed by atoms with van der Waals surface area (Å²) in [4.78, 5) is 10.1. The first kappa shape index (κ1) is 22.6. The van der Waals surface area contributed by atoms with Crippen molar-refractivity contribution in [3.63, 3.8) is 0 Å². The molecule has 0 amide bonds. The Labute approximate surface area is 172 Å². The predicted octanol–water partition coefficient (Wildman–Crippen LogP) is 2.67. The molecule has 0 bridgehead atoms. The molecule has 1 aromatic heterocycles. The highest BCUT2D eigenvalue weighted by molar-refractivity contribution is 14.0. The van der Waals surface area contributed by atoms with Crippen LogP contribution in [0.1, 0.15) is 34.8 Å². The number of nitrogens with zero attached hydrogens (tertiary/aromatic N) is 2. The molecule has 2 heterocycles. The quantitative estimate of drug-likeness (QED) is 0.245. The number of thiazole rings is 1. The molecule has 0 radical (unpaired) electrons. The van der Waals surface area contributed by atoms with Gasteiger partial charge in [-0.25, -0.2) is 4.98 Å². The van der Waals surface area contributed by atoms with Crippen molar-refractivity contribution in [3.05, 3.63) is 15.6 Å². The van der Waals surface area contributed by atoms with E-state index in [1.165, 1.54) is 4.88 Å². The summed E-state index contributed by atoms with van der Waals surface area (Å²) in [6.45, 7) is 8.20. The monoisotopic (exact) mass is 482 g/mol. The van der Waals surface area contributed by atoms with Gasteiger partial charge in [0.05, 0.1) is 23.4 Å². The highest BCUT2D eigenvalue weighted by atomic mass is 127. The lowest BCUT2D eigenvalue weighted by atomic mass is 10.2. The van der Waals surface area contributed by atoms with Crippen molar-refractivity contribution in [2.75, 3.05) is 40.0 Å². The summed E-state index contributed by atoms with van der Waals surface area (Å²) in [5.74, 6) is 0.841. The third-order valence-corrected chi connectivity index (χ3v) is 5.09. The number of guanidine groups is 1. The molecule has 1 aliphatic rings. The van der Waals surface area contributed by atoms with E-state index < -0.39 is 0 Å². The Kier molecular flexibility index (Phi) is 11.6. The lowest BCUT2D eigenvalue weighted by Gasteiger charge is -2.12. The Bertz CT molecular complexity index is 519. The van der Waals surface area contributed by atoms with Crippen LogP contribution in [0.4, 0.5) is 0 Å². The molecular formula is C17H31IN4O2S. The normalized spacial score (nSPS) is 17.4. The molecule has 6 nitrogen and oxygen atoms in total. The number of nitrogens with one attached hydrogen (secondary N) is 2. The Morgan fingerprint density at radius 3 is 2.80 bits per heavy atom. The van der Waals surface area contributed by atoms with Crippen LogP contribution in [0.5, 0.6) is 0 Å². The fraction of sp³-hybridized carbons (Fsp3) is 0.765. The van der Waals surface area contributed by atoms with Crippen molar-refractivity contribution in [3.8, 4) is 0 Å². The van der Waals surface area contributed by atoms with E-state index in [2.05, 4.69) is 34.5 Å². The van der Waals surface area contributed by atoms with Crippen molar-refractivity contribution in [2.24, 2.45) is 4.99 Å². The molecule has 1 atom stereocenters. The van der Waals surface area contributed by atoms with E-state index in [9.17, 15) is 0 Å². The third-order valence-electron chi connectivity index (χ3n) is 3.95. The van der Waals surface area contributed by atoms with Gasteiger partial charge in [-0.15, -0.1) is 35.3 Å². The second kappa shape index (κ2) is 12.8. The van der Waals surface area contributed by atoms with Gasteiger partial charge in [0.2, 0.25) is 0 Å². The van der Waals surface area contributed by atoms with Gasteiger partial charge in [-0.1, -0.05) is 0 Å². The SMILES string of the molecule is CN=C(NCCCOCC1CCCO1)NCCc1sc(C)nc1C.I. The van der Waals surface area contributed by atoms with Crippen LogP contribution >= 0.6 is 35.3 Å². The average Bonchev–Trinajstić information content (AvgIpc) is 3.18. The average molecular weight is 482 g/mol. The second-order valence-corrected chi connectivity index (χ2v) is 7.27. The Balaban J connectivity index is 0.00000312. The summed E-state index contributed by atoms with van der Waals surface area (Å²) in [5.41, 5.74) is 1.14. The van der Waals surface area contributed by atoms with E-state index >= 15 is 0 Å². The minimum absolute atomic E-state index is 0. The van der Waals surface area contributed by atoms with E-state index in [1.54, 1.807) is 18.4 Å². The van der Waals surface area contributed by atoms with Gasteiger partial charge in [0.15, 0.2) is 5.96 Å². The first-order chi connectivity index (χ1) is 11.7. The van der Waals surface area contributed by atoms with Crippen molar-refractivity contribution >= 4 is 41.3 Å². The maximum Gasteiger partial charge on any atom is 0.190 e. The summed E-state index contributed by atoms with van der Waals surface area (Å²) in [5, 5.41) is 7.80. The summed E-state index contributed by atoms with van der Waals surface area (Å²) in [7, 11) is 1.80. The van der Waals surface area contributed by atoms with E-state index in [4.69, 9.17) is 9.47 Å². The van der Waals surface area contributed by atoms with Crippen LogP contribution in [0.3, 0.4) is 0 Å². The molecule has 8 heteroatoms. The molecule has 0 aromatic carbocycles. The molecule has 2 N–H and O–H groups in total. The molecular weight excluding hydrogens is 451 g/mol. The zero-order valence-electron chi connectivity index (χ0n) is 15.5. The minimum Gasteiger partial charge on any atom is -0.379 e. The molecule has 25 heavy (non-hydrogen) atoms. The number of aliphatic imine (C=N–C) groups is 1. The zero-order valence-corrected chi connectivity index (χ0v) is 18.6. The molecule has 0 saturated carbocycles. The van der Waals surface area contributed by atoms with Gasteiger partial charge in [0.25, 0.3) is 0 Å². The first-order valence-electron chi connectivity index (χ1n) is 8.76. The third kappa shape index (κ3) is 8.65. The van der Waals surface area contributed by atoms with E-state index in [-0.39, 0.29) is 24.0 Å². The van der Waals surface area contributed by atoms with Gasteiger partial charge < -0.3 is 20.1 Å². The molecule has 1 unspecified atom stereocenters. The molecule has 1 fully saturated rings. The number of halogens is 1. The number of rotatable bonds is 9. The zero-order chi connectivity index (χ0) is 17.2. The lowest BCUT2D eigenvalue weighted by molar-refractivity contribution is 0.0168. The lowest BCUT2D eigenvalue weighted by Crippen LogP contribution is -2.39. The molecule has 1 aliphatic heterocycles. The van der Waals surface area contributed by atoms with Gasteiger partial charge in [0.1, 0.15) is 0 Å². The highest BCUT2D eigenvalue weighted by Gasteiger charge is 2.14. The van der Waals surface area contributed by atoms with Gasteiger partial charge in [-0.3, -0.25) is 4.99 Å². The first-order valence-corrected chi connectivity index (χ1v) is 9.57. The Hall–Kier alpha value is -0.450. The predicted molar refractivity (Wildman–Crippen MR) is 114 cm³/mol. The summed E-state index contributed by atoms with van der Waals surface area (Å²) < 4.78 is 11.2. The fourth-order valence-corrected chi connectivity index (χ4v) is 3.63. The molecule has 1 saturated heterocycles. The summed E-state index contributed by atoms with van der Waals surface area (Å²) in [6, 6.07) is 0. The van der Waals surface area contributed by atoms with Crippen molar-refractivity contribution in [1.82, 2.24) is 15.6 Å². The number of hydrogen-bond donors (Lipinski definition) is 2. The van der Waals surface area contributed by atoms with Crippen LogP contribution in [0.15, 0.2) is 4.99 Å². The maximum absolute atomic E-state index is 5.66. The Morgan fingerprint density at radius 2 is 2.16 bits per heavy atom. The number of aryl methyl sites for hydroxylation is 2. The molecule has 2 rings (SSSR count). The molecule has 0 spiro atoms.